The van der Waals surface area contributed by atoms with E-state index in [9.17, 15) is 19.2 Å². The van der Waals surface area contributed by atoms with Gasteiger partial charge in [0.1, 0.15) is 0 Å². The number of hydrogen-bond donors (Lipinski definition) is 2. The zero-order valence-corrected chi connectivity index (χ0v) is 12.0. The highest BCUT2D eigenvalue weighted by Gasteiger charge is 2.10. The Morgan fingerprint density at radius 2 is 0.905 bits per heavy atom. The van der Waals surface area contributed by atoms with E-state index in [2.05, 4.69) is 4.74 Å². The molecule has 0 radical (unpaired) electrons. The van der Waals surface area contributed by atoms with Crippen LogP contribution in [0.15, 0.2) is 0 Å². The van der Waals surface area contributed by atoms with E-state index in [0.29, 0.717) is 38.5 Å². The second-order valence-electron chi connectivity index (χ2n) is 4.75. The number of rotatable bonds is 12. The molecule has 120 valence electrons. The van der Waals surface area contributed by atoms with Gasteiger partial charge in [0.25, 0.3) is 0 Å². The van der Waals surface area contributed by atoms with Gasteiger partial charge in [0.05, 0.1) is 0 Å². The maximum absolute atomic E-state index is 11.3. The summed E-state index contributed by atoms with van der Waals surface area (Å²) in [5, 5.41) is 16.8. The predicted molar refractivity (Wildman–Crippen MR) is 72.5 cm³/mol. The summed E-state index contributed by atoms with van der Waals surface area (Å²) in [7, 11) is 0. The molecule has 0 aliphatic carbocycles. The van der Waals surface area contributed by atoms with E-state index in [1.165, 1.54) is 0 Å². The van der Waals surface area contributed by atoms with Crippen LogP contribution in [0.2, 0.25) is 0 Å². The summed E-state index contributed by atoms with van der Waals surface area (Å²) in [6.07, 6.45) is 3.55. The molecule has 0 fully saturated rings. The van der Waals surface area contributed by atoms with Crippen molar-refractivity contribution in [2.75, 3.05) is 0 Å². The number of carboxylic acid groups (broad SMARTS) is 2. The number of unbranched alkanes of at least 4 members (excludes halogenated alkanes) is 4. The van der Waals surface area contributed by atoms with E-state index in [-0.39, 0.29) is 25.7 Å². The largest absolute Gasteiger partial charge is 0.481 e. The second-order valence-corrected chi connectivity index (χ2v) is 4.75. The molecule has 0 aromatic carbocycles. The van der Waals surface area contributed by atoms with Crippen molar-refractivity contribution in [1.29, 1.82) is 0 Å². The van der Waals surface area contributed by atoms with Crippen molar-refractivity contribution in [3.63, 3.8) is 0 Å². The fourth-order valence-corrected chi connectivity index (χ4v) is 1.67. The van der Waals surface area contributed by atoms with Crippen LogP contribution in [0.1, 0.15) is 64.2 Å². The quantitative estimate of drug-likeness (QED) is 0.322. The molecule has 0 aromatic rings. The Labute approximate surface area is 123 Å². The van der Waals surface area contributed by atoms with Crippen molar-refractivity contribution in [3.05, 3.63) is 0 Å². The van der Waals surface area contributed by atoms with Gasteiger partial charge in [-0.1, -0.05) is 12.8 Å². The fraction of sp³-hybridized carbons (Fsp3) is 0.714. The van der Waals surface area contributed by atoms with Gasteiger partial charge >= 0.3 is 23.9 Å². The third kappa shape index (κ3) is 14.3. The second kappa shape index (κ2) is 11.9. The van der Waals surface area contributed by atoms with Crippen LogP contribution >= 0.6 is 0 Å². The number of carbonyl (C=O) groups excluding carboxylic acids is 2. The molecule has 2 N–H and O–H groups in total. The lowest BCUT2D eigenvalue weighted by Gasteiger charge is -2.03. The van der Waals surface area contributed by atoms with Crippen molar-refractivity contribution < 1.29 is 34.1 Å². The Morgan fingerprint density at radius 3 is 1.24 bits per heavy atom. The van der Waals surface area contributed by atoms with Crippen LogP contribution in [0.3, 0.4) is 0 Å². The number of hydrogen-bond acceptors (Lipinski definition) is 5. The van der Waals surface area contributed by atoms with E-state index < -0.39 is 23.9 Å². The molecule has 0 atom stereocenters. The van der Waals surface area contributed by atoms with Gasteiger partial charge in [0, 0.05) is 25.7 Å². The number of esters is 2. The summed E-state index contributed by atoms with van der Waals surface area (Å²) in [5.41, 5.74) is 0. The molecule has 0 aliphatic rings. The van der Waals surface area contributed by atoms with Gasteiger partial charge in [-0.05, 0) is 25.7 Å². The van der Waals surface area contributed by atoms with Crippen molar-refractivity contribution >= 4 is 23.9 Å². The van der Waals surface area contributed by atoms with Crippen LogP contribution in [-0.2, 0) is 23.9 Å². The van der Waals surface area contributed by atoms with Crippen LogP contribution in [0.4, 0.5) is 0 Å². The highest BCUT2D eigenvalue weighted by Crippen LogP contribution is 2.07. The topological polar surface area (TPSA) is 118 Å². The first-order valence-electron chi connectivity index (χ1n) is 7.09. The molecule has 0 rings (SSSR count). The van der Waals surface area contributed by atoms with E-state index in [0.717, 1.165) is 0 Å². The van der Waals surface area contributed by atoms with Crippen LogP contribution < -0.4 is 0 Å². The standard InChI is InChI=1S/C14H22O7/c15-11(16)7-3-1-5-9-13(19)21-14(20)10-6-2-4-8-12(17)18/h1-10H2,(H,15,16)(H,17,18). The smallest absolute Gasteiger partial charge is 0.313 e. The Kier molecular flexibility index (Phi) is 10.8. The molecule has 0 amide bonds. The van der Waals surface area contributed by atoms with E-state index in [1.807, 2.05) is 0 Å². The van der Waals surface area contributed by atoms with Crippen LogP contribution in [0.5, 0.6) is 0 Å². The van der Waals surface area contributed by atoms with Gasteiger partial charge in [-0.3, -0.25) is 19.2 Å². The lowest BCUT2D eigenvalue weighted by atomic mass is 10.1. The number of ether oxygens (including phenoxy) is 1. The van der Waals surface area contributed by atoms with Gasteiger partial charge in [-0.25, -0.2) is 0 Å². The normalized spacial score (nSPS) is 10.1. The van der Waals surface area contributed by atoms with Gasteiger partial charge in [-0.2, -0.15) is 0 Å². The van der Waals surface area contributed by atoms with Crippen molar-refractivity contribution in [1.82, 2.24) is 0 Å². The summed E-state index contributed by atoms with van der Waals surface area (Å²) in [6.45, 7) is 0. The first kappa shape index (κ1) is 19.1. The molecule has 0 spiro atoms. The molecule has 0 bridgehead atoms. The van der Waals surface area contributed by atoms with E-state index >= 15 is 0 Å². The average molecular weight is 302 g/mol. The zero-order valence-electron chi connectivity index (χ0n) is 12.0. The molecule has 0 unspecified atom stereocenters. The minimum Gasteiger partial charge on any atom is -0.481 e. The number of carbonyl (C=O) groups is 4. The van der Waals surface area contributed by atoms with Crippen molar-refractivity contribution in [2.45, 2.75) is 64.2 Å². The minimum absolute atomic E-state index is 0.0737. The number of aliphatic carboxylic acids is 2. The monoisotopic (exact) mass is 302 g/mol. The predicted octanol–water partition coefficient (Wildman–Crippen LogP) is 2.13. The Balaban J connectivity index is 3.50. The summed E-state index contributed by atoms with van der Waals surface area (Å²) in [4.78, 5) is 43.1. The molecule has 21 heavy (non-hydrogen) atoms. The summed E-state index contributed by atoms with van der Waals surface area (Å²) < 4.78 is 4.60. The highest BCUT2D eigenvalue weighted by molar-refractivity contribution is 5.85. The van der Waals surface area contributed by atoms with Crippen LogP contribution in [-0.4, -0.2) is 34.1 Å². The minimum atomic E-state index is -0.865. The first-order chi connectivity index (χ1) is 9.91. The zero-order chi connectivity index (χ0) is 16.1. The highest BCUT2D eigenvalue weighted by atomic mass is 16.6. The SMILES string of the molecule is O=C(O)CCCCCC(=O)OC(=O)CCCCCC(=O)O. The van der Waals surface area contributed by atoms with Crippen molar-refractivity contribution in [2.24, 2.45) is 0 Å². The molecule has 0 saturated carbocycles. The average Bonchev–Trinajstić information content (AvgIpc) is 2.37. The van der Waals surface area contributed by atoms with E-state index in [4.69, 9.17) is 10.2 Å². The Morgan fingerprint density at radius 1 is 0.571 bits per heavy atom. The summed E-state index contributed by atoms with van der Waals surface area (Å²) in [6, 6.07) is 0. The molecule has 7 nitrogen and oxygen atoms in total. The van der Waals surface area contributed by atoms with Gasteiger partial charge < -0.3 is 14.9 Å². The maximum atomic E-state index is 11.3. The first-order valence-corrected chi connectivity index (χ1v) is 7.09. The molecular formula is C14H22O7. The molecule has 0 aromatic heterocycles. The lowest BCUT2D eigenvalue weighted by Crippen LogP contribution is -2.12. The fourth-order valence-electron chi connectivity index (χ4n) is 1.67. The lowest BCUT2D eigenvalue weighted by molar-refractivity contribution is -0.159. The van der Waals surface area contributed by atoms with Crippen LogP contribution in [0.25, 0.3) is 0 Å². The number of carboxylic acids is 2. The molecule has 0 saturated heterocycles. The molecule has 0 heterocycles. The van der Waals surface area contributed by atoms with E-state index in [1.54, 1.807) is 0 Å². The van der Waals surface area contributed by atoms with Crippen molar-refractivity contribution in [3.8, 4) is 0 Å². The summed E-state index contributed by atoms with van der Waals surface area (Å²) in [5.74, 6) is -2.92. The van der Waals surface area contributed by atoms with Crippen LogP contribution in [0, 0.1) is 0 Å². The molecular weight excluding hydrogens is 280 g/mol. The Hall–Kier alpha value is -1.92. The third-order valence-electron chi connectivity index (χ3n) is 2.77. The van der Waals surface area contributed by atoms with Gasteiger partial charge in [-0.15, -0.1) is 0 Å². The van der Waals surface area contributed by atoms with Gasteiger partial charge in [0.2, 0.25) is 0 Å². The van der Waals surface area contributed by atoms with Gasteiger partial charge in [0.15, 0.2) is 0 Å². The molecule has 7 heteroatoms. The maximum Gasteiger partial charge on any atom is 0.313 e. The summed E-state index contributed by atoms with van der Waals surface area (Å²) >= 11 is 0. The third-order valence-corrected chi connectivity index (χ3v) is 2.77. The Bertz CT molecular complexity index is 328. The molecule has 0 aliphatic heterocycles.